The molecular formula is C27H32N4O4. The SMILES string of the molecule is CCOC(=O)N1CCN(c2ccc(OC)nc2-c2ccc(NC)cc2)CC1c1ccc(OC)cc1. The van der Waals surface area contributed by atoms with Gasteiger partial charge in [0, 0.05) is 44.0 Å². The summed E-state index contributed by atoms with van der Waals surface area (Å²) in [5.41, 5.74) is 4.87. The van der Waals surface area contributed by atoms with Crippen molar-refractivity contribution in [1.29, 1.82) is 0 Å². The first-order chi connectivity index (χ1) is 17.1. The normalized spacial score (nSPS) is 15.5. The molecule has 0 radical (unpaired) electrons. The second kappa shape index (κ2) is 11.0. The second-order valence-corrected chi connectivity index (χ2v) is 8.18. The zero-order valence-electron chi connectivity index (χ0n) is 20.7. The van der Waals surface area contributed by atoms with Gasteiger partial charge in [-0.25, -0.2) is 9.78 Å². The predicted molar refractivity (Wildman–Crippen MR) is 137 cm³/mol. The summed E-state index contributed by atoms with van der Waals surface area (Å²) in [5, 5.41) is 3.15. The van der Waals surface area contributed by atoms with Gasteiger partial charge in [0.1, 0.15) is 5.75 Å². The maximum absolute atomic E-state index is 12.8. The Morgan fingerprint density at radius 3 is 2.37 bits per heavy atom. The van der Waals surface area contributed by atoms with Gasteiger partial charge in [-0.15, -0.1) is 0 Å². The van der Waals surface area contributed by atoms with Gasteiger partial charge >= 0.3 is 6.09 Å². The molecular weight excluding hydrogens is 444 g/mol. The first-order valence-electron chi connectivity index (χ1n) is 11.7. The molecule has 0 saturated carbocycles. The van der Waals surface area contributed by atoms with Gasteiger partial charge in [-0.2, -0.15) is 0 Å². The Kier molecular flexibility index (Phi) is 7.60. The minimum atomic E-state index is -0.302. The fraction of sp³-hybridized carbons (Fsp3) is 0.333. The van der Waals surface area contributed by atoms with Crippen LogP contribution in [0.5, 0.6) is 11.6 Å². The number of benzene rings is 2. The lowest BCUT2D eigenvalue weighted by Gasteiger charge is -2.42. The third kappa shape index (κ3) is 5.26. The van der Waals surface area contributed by atoms with Gasteiger partial charge in [0.05, 0.1) is 38.2 Å². The second-order valence-electron chi connectivity index (χ2n) is 8.18. The Morgan fingerprint density at radius 1 is 1.00 bits per heavy atom. The number of amides is 1. The highest BCUT2D eigenvalue weighted by molar-refractivity contribution is 5.77. The average molecular weight is 477 g/mol. The summed E-state index contributed by atoms with van der Waals surface area (Å²) in [6.07, 6.45) is -0.302. The molecule has 1 aliphatic rings. The number of nitrogens with one attached hydrogen (secondary N) is 1. The number of anilines is 2. The first-order valence-corrected chi connectivity index (χ1v) is 11.7. The van der Waals surface area contributed by atoms with Gasteiger partial charge < -0.3 is 24.4 Å². The van der Waals surface area contributed by atoms with Crippen molar-refractivity contribution in [2.75, 3.05) is 57.7 Å². The smallest absolute Gasteiger partial charge is 0.410 e. The van der Waals surface area contributed by atoms with E-state index < -0.39 is 0 Å². The molecule has 1 aliphatic heterocycles. The third-order valence-corrected chi connectivity index (χ3v) is 6.23. The van der Waals surface area contributed by atoms with Crippen molar-refractivity contribution in [3.8, 4) is 22.9 Å². The molecule has 0 aliphatic carbocycles. The quantitative estimate of drug-likeness (QED) is 0.524. The lowest BCUT2D eigenvalue weighted by molar-refractivity contribution is 0.0853. The van der Waals surface area contributed by atoms with E-state index in [2.05, 4.69) is 10.2 Å². The summed E-state index contributed by atoms with van der Waals surface area (Å²) >= 11 is 0. The Balaban J connectivity index is 1.70. The van der Waals surface area contributed by atoms with Crippen LogP contribution in [0.2, 0.25) is 0 Å². The highest BCUT2D eigenvalue weighted by Crippen LogP contribution is 2.36. The molecule has 2 aromatic carbocycles. The summed E-state index contributed by atoms with van der Waals surface area (Å²) in [5.74, 6) is 1.33. The largest absolute Gasteiger partial charge is 0.497 e. The molecule has 1 atom stereocenters. The van der Waals surface area contributed by atoms with E-state index in [1.807, 2.05) is 74.6 Å². The van der Waals surface area contributed by atoms with Crippen molar-refractivity contribution in [3.05, 3.63) is 66.2 Å². The van der Waals surface area contributed by atoms with Crippen LogP contribution in [0.25, 0.3) is 11.3 Å². The number of methoxy groups -OCH3 is 2. The fourth-order valence-electron chi connectivity index (χ4n) is 4.35. The molecule has 184 valence electrons. The zero-order chi connectivity index (χ0) is 24.8. The highest BCUT2D eigenvalue weighted by atomic mass is 16.6. The number of hydrogen-bond acceptors (Lipinski definition) is 7. The Bertz CT molecular complexity index is 1130. The standard InChI is InChI=1S/C27H32N4O4/c1-5-35-27(32)31-17-16-30(18-24(31)19-8-12-22(33-3)13-9-19)23-14-15-25(34-4)29-26(23)20-6-10-21(28-2)11-7-20/h6-15,24,28H,5,16-18H2,1-4H3. The molecule has 8 heteroatoms. The third-order valence-electron chi connectivity index (χ3n) is 6.23. The van der Waals surface area contributed by atoms with Crippen LogP contribution < -0.4 is 19.7 Å². The van der Waals surface area contributed by atoms with Crippen LogP contribution >= 0.6 is 0 Å². The number of aromatic nitrogens is 1. The lowest BCUT2D eigenvalue weighted by Crippen LogP contribution is -2.51. The molecule has 1 N–H and O–H groups in total. The minimum Gasteiger partial charge on any atom is -0.497 e. The van der Waals surface area contributed by atoms with E-state index in [9.17, 15) is 4.79 Å². The number of carbonyl (C=O) groups excluding carboxylic acids is 1. The van der Waals surface area contributed by atoms with E-state index >= 15 is 0 Å². The predicted octanol–water partition coefficient (Wildman–Crippen LogP) is 4.83. The molecule has 1 saturated heterocycles. The molecule has 0 spiro atoms. The van der Waals surface area contributed by atoms with Crippen molar-refractivity contribution in [2.45, 2.75) is 13.0 Å². The van der Waals surface area contributed by atoms with Crippen LogP contribution in [0.1, 0.15) is 18.5 Å². The van der Waals surface area contributed by atoms with E-state index in [-0.39, 0.29) is 12.1 Å². The van der Waals surface area contributed by atoms with Crippen molar-refractivity contribution < 1.29 is 19.0 Å². The molecule has 4 rings (SSSR count). The Hall–Kier alpha value is -3.94. The van der Waals surface area contributed by atoms with E-state index in [0.717, 1.165) is 33.9 Å². The van der Waals surface area contributed by atoms with Crippen molar-refractivity contribution >= 4 is 17.5 Å². The molecule has 1 aromatic heterocycles. The van der Waals surface area contributed by atoms with E-state index in [1.165, 1.54) is 0 Å². The monoisotopic (exact) mass is 476 g/mol. The number of rotatable bonds is 7. The summed E-state index contributed by atoms with van der Waals surface area (Å²) in [6, 6.07) is 19.7. The lowest BCUT2D eigenvalue weighted by atomic mass is 10.0. The first kappa shape index (κ1) is 24.2. The van der Waals surface area contributed by atoms with E-state index in [0.29, 0.717) is 32.1 Å². The summed E-state index contributed by atoms with van der Waals surface area (Å²) < 4.78 is 16.1. The molecule has 35 heavy (non-hydrogen) atoms. The number of ether oxygens (including phenoxy) is 3. The van der Waals surface area contributed by atoms with Crippen molar-refractivity contribution in [3.63, 3.8) is 0 Å². The molecule has 3 aromatic rings. The van der Waals surface area contributed by atoms with Crippen LogP contribution in [0.3, 0.4) is 0 Å². The molecule has 2 heterocycles. The zero-order valence-corrected chi connectivity index (χ0v) is 20.7. The fourth-order valence-corrected chi connectivity index (χ4v) is 4.35. The number of hydrogen-bond donors (Lipinski definition) is 1. The highest BCUT2D eigenvalue weighted by Gasteiger charge is 2.33. The van der Waals surface area contributed by atoms with E-state index in [4.69, 9.17) is 19.2 Å². The minimum absolute atomic E-state index is 0.185. The van der Waals surface area contributed by atoms with Crippen LogP contribution in [-0.2, 0) is 4.74 Å². The molecule has 1 unspecified atom stereocenters. The molecule has 1 amide bonds. The number of nitrogens with zero attached hydrogens (tertiary/aromatic N) is 3. The van der Waals surface area contributed by atoms with Crippen molar-refractivity contribution in [1.82, 2.24) is 9.88 Å². The van der Waals surface area contributed by atoms with Crippen LogP contribution in [-0.4, -0.2) is 63.5 Å². The molecule has 0 bridgehead atoms. The van der Waals surface area contributed by atoms with Gasteiger partial charge in [0.2, 0.25) is 5.88 Å². The van der Waals surface area contributed by atoms with Gasteiger partial charge in [0.25, 0.3) is 0 Å². The van der Waals surface area contributed by atoms with Crippen LogP contribution in [0, 0.1) is 0 Å². The molecule has 1 fully saturated rings. The Labute approximate surface area is 206 Å². The van der Waals surface area contributed by atoms with Crippen LogP contribution in [0.15, 0.2) is 60.7 Å². The van der Waals surface area contributed by atoms with Crippen molar-refractivity contribution in [2.24, 2.45) is 0 Å². The van der Waals surface area contributed by atoms with E-state index in [1.54, 1.807) is 19.1 Å². The summed E-state index contributed by atoms with van der Waals surface area (Å²) in [7, 11) is 5.16. The maximum atomic E-state index is 12.8. The topological polar surface area (TPSA) is 76.2 Å². The van der Waals surface area contributed by atoms with Gasteiger partial charge in [-0.3, -0.25) is 4.90 Å². The van der Waals surface area contributed by atoms with Crippen LogP contribution in [0.4, 0.5) is 16.2 Å². The number of piperazine rings is 1. The maximum Gasteiger partial charge on any atom is 0.410 e. The molecule has 8 nitrogen and oxygen atoms in total. The summed E-state index contributed by atoms with van der Waals surface area (Å²) in [6.45, 7) is 3.94. The number of pyridine rings is 1. The van der Waals surface area contributed by atoms with Gasteiger partial charge in [-0.05, 0) is 42.8 Å². The van der Waals surface area contributed by atoms with Gasteiger partial charge in [0.15, 0.2) is 0 Å². The number of carbonyl (C=O) groups is 1. The summed E-state index contributed by atoms with van der Waals surface area (Å²) in [4.78, 5) is 21.7. The average Bonchev–Trinajstić information content (AvgIpc) is 2.92. The Morgan fingerprint density at radius 2 is 1.74 bits per heavy atom. The van der Waals surface area contributed by atoms with Gasteiger partial charge in [-0.1, -0.05) is 24.3 Å².